The largest absolute Gasteiger partial charge is 0.465 e. The highest BCUT2D eigenvalue weighted by Gasteiger charge is 2.16. The molecule has 0 radical (unpaired) electrons. The molecule has 0 saturated carbocycles. The van der Waals surface area contributed by atoms with E-state index in [0.717, 1.165) is 13.2 Å². The van der Waals surface area contributed by atoms with E-state index in [-0.39, 0.29) is 21.0 Å². The molecule has 2 rings (SSSR count). The molecule has 0 N–H and O–H groups in total. The average molecular weight is 340 g/mol. The topological polar surface area (TPSA) is 59.1 Å². The SMILES string of the molecule is CCN1C=CN(C)C1.COC(=O)c1ccccc1C(=O)OC.P. The van der Waals surface area contributed by atoms with Crippen molar-refractivity contribution in [3.05, 3.63) is 47.8 Å². The van der Waals surface area contributed by atoms with Crippen LogP contribution in [0.15, 0.2) is 36.7 Å². The first kappa shape index (κ1) is 20.9. The number of hydrogen-bond donors (Lipinski definition) is 0. The minimum atomic E-state index is -0.550. The van der Waals surface area contributed by atoms with Crippen LogP contribution in [0.1, 0.15) is 27.6 Å². The van der Waals surface area contributed by atoms with Gasteiger partial charge in [0.2, 0.25) is 0 Å². The zero-order valence-electron chi connectivity index (χ0n) is 14.1. The van der Waals surface area contributed by atoms with E-state index in [2.05, 4.69) is 45.6 Å². The van der Waals surface area contributed by atoms with Crippen molar-refractivity contribution in [2.45, 2.75) is 6.92 Å². The van der Waals surface area contributed by atoms with Crippen LogP contribution < -0.4 is 0 Å². The number of methoxy groups -OCH3 is 2. The van der Waals surface area contributed by atoms with Gasteiger partial charge >= 0.3 is 11.9 Å². The van der Waals surface area contributed by atoms with Crippen LogP contribution in [0.25, 0.3) is 0 Å². The van der Waals surface area contributed by atoms with Crippen molar-refractivity contribution in [1.29, 1.82) is 0 Å². The van der Waals surface area contributed by atoms with Crippen LogP contribution in [-0.4, -0.2) is 56.2 Å². The quantitative estimate of drug-likeness (QED) is 0.620. The lowest BCUT2D eigenvalue weighted by Gasteiger charge is -2.14. The molecule has 7 heteroatoms. The summed E-state index contributed by atoms with van der Waals surface area (Å²) in [6, 6.07) is 6.33. The molecule has 1 atom stereocenters. The summed E-state index contributed by atoms with van der Waals surface area (Å²) in [5, 5.41) is 0. The van der Waals surface area contributed by atoms with E-state index in [1.165, 1.54) is 26.4 Å². The number of carbonyl (C=O) groups excluding carboxylic acids is 2. The normalized spacial score (nSPS) is 12.0. The molecule has 0 amide bonds. The molecule has 1 aromatic carbocycles. The fourth-order valence-electron chi connectivity index (χ4n) is 1.85. The summed E-state index contributed by atoms with van der Waals surface area (Å²) >= 11 is 0. The summed E-state index contributed by atoms with van der Waals surface area (Å²) in [5.74, 6) is -1.10. The smallest absolute Gasteiger partial charge is 0.338 e. The molecule has 0 saturated heterocycles. The fourth-order valence-corrected chi connectivity index (χ4v) is 1.85. The second kappa shape index (κ2) is 10.6. The van der Waals surface area contributed by atoms with E-state index in [1.807, 2.05) is 0 Å². The van der Waals surface area contributed by atoms with Gasteiger partial charge in [-0.25, -0.2) is 9.59 Å². The Kier molecular flexibility index (Phi) is 9.67. The minimum absolute atomic E-state index is 0. The third kappa shape index (κ3) is 6.28. The maximum absolute atomic E-state index is 11.2. The minimum Gasteiger partial charge on any atom is -0.465 e. The molecule has 1 aliphatic rings. The summed E-state index contributed by atoms with van der Waals surface area (Å²) < 4.78 is 9.05. The molecular weight excluding hydrogens is 315 g/mol. The summed E-state index contributed by atoms with van der Waals surface area (Å²) in [6.45, 7) is 4.32. The first-order valence-electron chi connectivity index (χ1n) is 6.91. The van der Waals surface area contributed by atoms with Crippen LogP contribution in [0.2, 0.25) is 0 Å². The van der Waals surface area contributed by atoms with Crippen LogP contribution in [0.3, 0.4) is 0 Å². The first-order chi connectivity index (χ1) is 10.5. The molecule has 1 aromatic rings. The number of hydrogen-bond acceptors (Lipinski definition) is 6. The zero-order valence-corrected chi connectivity index (χ0v) is 15.5. The molecule has 1 heterocycles. The zero-order chi connectivity index (χ0) is 16.5. The van der Waals surface area contributed by atoms with E-state index in [1.54, 1.807) is 12.1 Å². The highest BCUT2D eigenvalue weighted by Crippen LogP contribution is 2.10. The Bertz CT molecular complexity index is 514. The molecule has 1 aliphatic heterocycles. The molecular formula is C16H25N2O4P. The van der Waals surface area contributed by atoms with Gasteiger partial charge in [-0.1, -0.05) is 12.1 Å². The lowest BCUT2D eigenvalue weighted by atomic mass is 10.1. The summed E-state index contributed by atoms with van der Waals surface area (Å²) in [4.78, 5) is 26.9. The van der Waals surface area contributed by atoms with Crippen molar-refractivity contribution in [2.24, 2.45) is 0 Å². The maximum Gasteiger partial charge on any atom is 0.338 e. The van der Waals surface area contributed by atoms with Crippen LogP contribution in [0.4, 0.5) is 0 Å². The number of rotatable bonds is 3. The van der Waals surface area contributed by atoms with Crippen molar-refractivity contribution in [1.82, 2.24) is 9.80 Å². The highest BCUT2D eigenvalue weighted by atomic mass is 31.0. The van der Waals surface area contributed by atoms with Crippen LogP contribution >= 0.6 is 9.90 Å². The van der Waals surface area contributed by atoms with Gasteiger partial charge in [-0.15, -0.1) is 0 Å². The fraction of sp³-hybridized carbons (Fsp3) is 0.375. The number of benzene rings is 1. The van der Waals surface area contributed by atoms with E-state index < -0.39 is 11.9 Å². The van der Waals surface area contributed by atoms with Gasteiger partial charge in [-0.05, 0) is 19.1 Å². The monoisotopic (exact) mass is 340 g/mol. The standard InChI is InChI=1S/C10H10O4.C6H12N2.H3P/c1-13-9(11)7-5-3-4-6-8(7)10(12)14-2;1-3-8-5-4-7(2)6-8;/h3-6H,1-2H3;4-5H,3,6H2,1-2H3;1H3. The molecule has 0 bridgehead atoms. The van der Waals surface area contributed by atoms with Gasteiger partial charge in [0.15, 0.2) is 0 Å². The van der Waals surface area contributed by atoms with Gasteiger partial charge in [0.1, 0.15) is 0 Å². The Balaban J connectivity index is 0.000000460. The molecule has 0 spiro atoms. The lowest BCUT2D eigenvalue weighted by Crippen LogP contribution is -2.21. The predicted molar refractivity (Wildman–Crippen MR) is 94.4 cm³/mol. The molecule has 1 unspecified atom stereocenters. The predicted octanol–water partition coefficient (Wildman–Crippen LogP) is 2.00. The Morgan fingerprint density at radius 1 is 1.04 bits per heavy atom. The van der Waals surface area contributed by atoms with Crippen molar-refractivity contribution in [2.75, 3.05) is 34.5 Å². The molecule has 6 nitrogen and oxygen atoms in total. The average Bonchev–Trinajstić information content (AvgIpc) is 2.99. The Morgan fingerprint density at radius 3 is 1.78 bits per heavy atom. The third-order valence-electron chi connectivity index (χ3n) is 3.08. The van der Waals surface area contributed by atoms with E-state index in [4.69, 9.17) is 0 Å². The Hall–Kier alpha value is -2.07. The van der Waals surface area contributed by atoms with Gasteiger partial charge in [0.05, 0.1) is 32.0 Å². The molecule has 0 aliphatic carbocycles. The van der Waals surface area contributed by atoms with Crippen LogP contribution in [-0.2, 0) is 9.47 Å². The van der Waals surface area contributed by atoms with E-state index in [9.17, 15) is 9.59 Å². The molecule has 0 fully saturated rings. The second-order valence-corrected chi connectivity index (χ2v) is 4.63. The lowest BCUT2D eigenvalue weighted by molar-refractivity contribution is 0.0555. The summed E-state index contributed by atoms with van der Waals surface area (Å²) in [5.41, 5.74) is 0.420. The molecule has 23 heavy (non-hydrogen) atoms. The maximum atomic E-state index is 11.2. The number of nitrogens with zero attached hydrogens (tertiary/aromatic N) is 2. The van der Waals surface area contributed by atoms with Crippen molar-refractivity contribution < 1.29 is 19.1 Å². The molecule has 128 valence electrons. The first-order valence-corrected chi connectivity index (χ1v) is 6.91. The summed E-state index contributed by atoms with van der Waals surface area (Å²) in [7, 11) is 4.60. The van der Waals surface area contributed by atoms with Crippen LogP contribution in [0, 0.1) is 0 Å². The summed E-state index contributed by atoms with van der Waals surface area (Å²) in [6.07, 6.45) is 4.20. The van der Waals surface area contributed by atoms with E-state index >= 15 is 0 Å². The Morgan fingerprint density at radius 2 is 1.52 bits per heavy atom. The van der Waals surface area contributed by atoms with Crippen molar-refractivity contribution >= 4 is 21.8 Å². The number of carbonyl (C=O) groups is 2. The number of ether oxygens (including phenoxy) is 2. The van der Waals surface area contributed by atoms with Crippen molar-refractivity contribution in [3.8, 4) is 0 Å². The van der Waals surface area contributed by atoms with Crippen LogP contribution in [0.5, 0.6) is 0 Å². The molecule has 0 aromatic heterocycles. The Labute approximate surface area is 140 Å². The second-order valence-electron chi connectivity index (χ2n) is 4.63. The highest BCUT2D eigenvalue weighted by molar-refractivity contribution is 6.92. The van der Waals surface area contributed by atoms with Gasteiger partial charge in [-0.3, -0.25) is 0 Å². The van der Waals surface area contributed by atoms with Gasteiger partial charge in [0, 0.05) is 26.0 Å². The van der Waals surface area contributed by atoms with E-state index in [0.29, 0.717) is 0 Å². The van der Waals surface area contributed by atoms with Gasteiger partial charge in [-0.2, -0.15) is 9.90 Å². The number of esters is 2. The third-order valence-corrected chi connectivity index (χ3v) is 3.08. The van der Waals surface area contributed by atoms with Gasteiger partial charge in [0.25, 0.3) is 0 Å². The van der Waals surface area contributed by atoms with Gasteiger partial charge < -0.3 is 19.3 Å². The van der Waals surface area contributed by atoms with Crippen molar-refractivity contribution in [3.63, 3.8) is 0 Å².